The predicted molar refractivity (Wildman–Crippen MR) is 76.7 cm³/mol. The second-order valence-corrected chi connectivity index (χ2v) is 5.04. The third-order valence-corrected chi connectivity index (χ3v) is 3.43. The fourth-order valence-electron chi connectivity index (χ4n) is 2.32. The Bertz CT molecular complexity index is 647. The van der Waals surface area contributed by atoms with Crippen molar-refractivity contribution in [1.82, 2.24) is 5.16 Å². The molecule has 0 saturated carbocycles. The highest BCUT2D eigenvalue weighted by Gasteiger charge is 2.27. The first-order chi connectivity index (χ1) is 10.6. The van der Waals surface area contributed by atoms with Gasteiger partial charge in [0.15, 0.2) is 5.76 Å². The van der Waals surface area contributed by atoms with Crippen molar-refractivity contribution in [3.05, 3.63) is 41.2 Å². The van der Waals surface area contributed by atoms with Crippen molar-refractivity contribution in [1.29, 1.82) is 0 Å². The Balaban J connectivity index is 2.37. The number of aromatic nitrogens is 1. The van der Waals surface area contributed by atoms with Gasteiger partial charge in [-0.25, -0.2) is 13.6 Å². The van der Waals surface area contributed by atoms with Crippen LogP contribution in [0.1, 0.15) is 48.7 Å². The Kier molecular flexibility index (Phi) is 5.25. The molecule has 22 heavy (non-hydrogen) atoms. The number of hydrogen-bond donors (Lipinski definition) is 1. The molecule has 0 atom stereocenters. The molecule has 0 amide bonds. The van der Waals surface area contributed by atoms with Crippen LogP contribution < -0.4 is 0 Å². The minimum absolute atomic E-state index is 0.154. The van der Waals surface area contributed by atoms with Gasteiger partial charge in [0.05, 0.1) is 5.56 Å². The largest absolute Gasteiger partial charge is 0.477 e. The number of rotatable bonds is 7. The van der Waals surface area contributed by atoms with E-state index in [0.717, 1.165) is 37.8 Å². The molecule has 2 rings (SSSR count). The van der Waals surface area contributed by atoms with Crippen molar-refractivity contribution < 1.29 is 23.2 Å². The van der Waals surface area contributed by atoms with Crippen LogP contribution in [0.4, 0.5) is 8.78 Å². The summed E-state index contributed by atoms with van der Waals surface area (Å²) in [5.74, 6) is -2.88. The van der Waals surface area contributed by atoms with E-state index in [9.17, 15) is 18.7 Å². The van der Waals surface area contributed by atoms with E-state index in [-0.39, 0.29) is 17.0 Å². The van der Waals surface area contributed by atoms with Gasteiger partial charge in [0.1, 0.15) is 22.9 Å². The molecule has 0 unspecified atom stereocenters. The molecule has 1 heterocycles. The van der Waals surface area contributed by atoms with Crippen LogP contribution >= 0.6 is 0 Å². The number of carbonyl (C=O) groups is 1. The molecule has 6 heteroatoms. The number of carboxylic acid groups (broad SMARTS) is 1. The Morgan fingerprint density at radius 1 is 1.23 bits per heavy atom. The van der Waals surface area contributed by atoms with Crippen LogP contribution in [0.15, 0.2) is 22.7 Å². The SMILES string of the molecule is CCCCCCc1onc(-c2c(F)cccc2F)c1C(=O)O. The number of carboxylic acids is 1. The van der Waals surface area contributed by atoms with E-state index in [1.54, 1.807) is 0 Å². The van der Waals surface area contributed by atoms with Gasteiger partial charge >= 0.3 is 5.97 Å². The van der Waals surface area contributed by atoms with Crippen molar-refractivity contribution in [2.24, 2.45) is 0 Å². The molecular weight excluding hydrogens is 292 g/mol. The molecule has 0 aliphatic carbocycles. The molecule has 118 valence electrons. The van der Waals surface area contributed by atoms with Crippen molar-refractivity contribution in [2.45, 2.75) is 39.0 Å². The molecule has 2 aromatic rings. The quantitative estimate of drug-likeness (QED) is 0.768. The van der Waals surface area contributed by atoms with E-state index >= 15 is 0 Å². The van der Waals surface area contributed by atoms with Crippen LogP contribution in [0, 0.1) is 11.6 Å². The summed E-state index contributed by atoms with van der Waals surface area (Å²) in [6.07, 6.45) is 4.13. The Labute approximate surface area is 126 Å². The van der Waals surface area contributed by atoms with E-state index in [0.29, 0.717) is 6.42 Å². The number of benzene rings is 1. The van der Waals surface area contributed by atoms with Gasteiger partial charge in [-0.2, -0.15) is 0 Å². The Hall–Kier alpha value is -2.24. The number of hydrogen-bond acceptors (Lipinski definition) is 3. The summed E-state index contributed by atoms with van der Waals surface area (Å²) in [7, 11) is 0. The first-order valence-corrected chi connectivity index (χ1v) is 7.22. The fraction of sp³-hybridized carbons (Fsp3) is 0.375. The van der Waals surface area contributed by atoms with E-state index in [2.05, 4.69) is 12.1 Å². The molecule has 0 aliphatic heterocycles. The van der Waals surface area contributed by atoms with Crippen LogP contribution in [0.2, 0.25) is 0 Å². The molecule has 0 spiro atoms. The topological polar surface area (TPSA) is 63.3 Å². The third kappa shape index (κ3) is 3.32. The highest BCUT2D eigenvalue weighted by molar-refractivity contribution is 5.95. The van der Waals surface area contributed by atoms with Gasteiger partial charge in [0.25, 0.3) is 0 Å². The minimum atomic E-state index is -1.30. The first-order valence-electron chi connectivity index (χ1n) is 7.22. The number of nitrogens with zero attached hydrogens (tertiary/aromatic N) is 1. The molecule has 1 aromatic heterocycles. The number of aromatic carboxylic acids is 1. The lowest BCUT2D eigenvalue weighted by atomic mass is 10.0. The molecule has 0 radical (unpaired) electrons. The van der Waals surface area contributed by atoms with Gasteiger partial charge in [-0.1, -0.05) is 37.4 Å². The predicted octanol–water partition coefficient (Wildman–Crippen LogP) is 4.44. The van der Waals surface area contributed by atoms with E-state index in [4.69, 9.17) is 4.52 Å². The van der Waals surface area contributed by atoms with E-state index < -0.39 is 23.2 Å². The van der Waals surface area contributed by atoms with Crippen molar-refractivity contribution in [2.75, 3.05) is 0 Å². The highest BCUT2D eigenvalue weighted by atomic mass is 19.1. The van der Waals surface area contributed by atoms with Crippen LogP contribution in [0.25, 0.3) is 11.3 Å². The Morgan fingerprint density at radius 2 is 1.91 bits per heavy atom. The monoisotopic (exact) mass is 309 g/mol. The summed E-state index contributed by atoms with van der Waals surface area (Å²) in [6, 6.07) is 3.32. The lowest BCUT2D eigenvalue weighted by molar-refractivity contribution is 0.0695. The molecule has 1 aromatic carbocycles. The maximum atomic E-state index is 13.8. The van der Waals surface area contributed by atoms with Crippen LogP contribution in [0.3, 0.4) is 0 Å². The van der Waals surface area contributed by atoms with Crippen molar-refractivity contribution >= 4 is 5.97 Å². The summed E-state index contributed by atoms with van der Waals surface area (Å²) in [5.41, 5.74) is -1.03. The molecule has 0 saturated heterocycles. The Morgan fingerprint density at radius 3 is 2.50 bits per heavy atom. The summed E-state index contributed by atoms with van der Waals surface area (Å²) in [5, 5.41) is 12.9. The summed E-state index contributed by atoms with van der Waals surface area (Å²) >= 11 is 0. The van der Waals surface area contributed by atoms with Gasteiger partial charge in [-0.15, -0.1) is 0 Å². The average Bonchev–Trinajstić information content (AvgIpc) is 2.87. The molecule has 0 bridgehead atoms. The van der Waals surface area contributed by atoms with Crippen molar-refractivity contribution in [3.8, 4) is 11.3 Å². The molecule has 0 fully saturated rings. The fourth-order valence-corrected chi connectivity index (χ4v) is 2.32. The number of aryl methyl sites for hydroxylation is 1. The third-order valence-electron chi connectivity index (χ3n) is 3.43. The zero-order chi connectivity index (χ0) is 16.1. The first kappa shape index (κ1) is 16.1. The second-order valence-electron chi connectivity index (χ2n) is 5.04. The normalized spacial score (nSPS) is 10.9. The van der Waals surface area contributed by atoms with Gasteiger partial charge in [0.2, 0.25) is 0 Å². The standard InChI is InChI=1S/C16H17F2NO3/c1-2-3-4-5-9-12-14(16(20)21)15(19-22-12)13-10(17)7-6-8-11(13)18/h6-8H,2-5,9H2,1H3,(H,20,21). The number of halogens is 2. The van der Waals surface area contributed by atoms with E-state index in [1.165, 1.54) is 6.07 Å². The lowest BCUT2D eigenvalue weighted by Gasteiger charge is -2.03. The smallest absolute Gasteiger partial charge is 0.341 e. The van der Waals surface area contributed by atoms with Gasteiger partial charge < -0.3 is 9.63 Å². The summed E-state index contributed by atoms with van der Waals surface area (Å²) < 4.78 is 32.7. The summed E-state index contributed by atoms with van der Waals surface area (Å²) in [6.45, 7) is 2.07. The minimum Gasteiger partial charge on any atom is -0.477 e. The van der Waals surface area contributed by atoms with Crippen LogP contribution in [-0.2, 0) is 6.42 Å². The number of unbranched alkanes of at least 4 members (excludes halogenated alkanes) is 3. The molecule has 0 aliphatic rings. The average molecular weight is 309 g/mol. The molecule has 4 nitrogen and oxygen atoms in total. The van der Waals surface area contributed by atoms with Crippen molar-refractivity contribution in [3.63, 3.8) is 0 Å². The highest BCUT2D eigenvalue weighted by Crippen LogP contribution is 2.30. The van der Waals surface area contributed by atoms with Gasteiger partial charge in [0, 0.05) is 6.42 Å². The van der Waals surface area contributed by atoms with Crippen LogP contribution in [-0.4, -0.2) is 16.2 Å². The lowest BCUT2D eigenvalue weighted by Crippen LogP contribution is -2.03. The maximum Gasteiger partial charge on any atom is 0.341 e. The zero-order valence-electron chi connectivity index (χ0n) is 12.2. The van der Waals surface area contributed by atoms with Gasteiger partial charge in [-0.05, 0) is 18.6 Å². The maximum absolute atomic E-state index is 13.8. The molecule has 1 N–H and O–H groups in total. The van der Waals surface area contributed by atoms with Crippen LogP contribution in [0.5, 0.6) is 0 Å². The van der Waals surface area contributed by atoms with Gasteiger partial charge in [-0.3, -0.25) is 0 Å². The summed E-state index contributed by atoms with van der Waals surface area (Å²) in [4.78, 5) is 11.4. The zero-order valence-corrected chi connectivity index (χ0v) is 12.2. The van der Waals surface area contributed by atoms with E-state index in [1.807, 2.05) is 0 Å². The second kappa shape index (κ2) is 7.15. The molecular formula is C16H17F2NO3.